The number of nitrogens with zero attached hydrogens (tertiary/aromatic N) is 3. The van der Waals surface area contributed by atoms with Crippen LogP contribution >= 0.6 is 0 Å². The maximum absolute atomic E-state index is 13.3. The highest BCUT2D eigenvalue weighted by molar-refractivity contribution is 6.11. The lowest BCUT2D eigenvalue weighted by Crippen LogP contribution is -2.48. The van der Waals surface area contributed by atoms with Crippen LogP contribution in [0.5, 0.6) is 0 Å². The van der Waals surface area contributed by atoms with Crippen LogP contribution in [0.4, 0.5) is 4.79 Å². The van der Waals surface area contributed by atoms with E-state index in [9.17, 15) is 19.2 Å². The van der Waals surface area contributed by atoms with E-state index < -0.39 is 28.9 Å². The number of hydrazine groups is 1. The van der Waals surface area contributed by atoms with Gasteiger partial charge in [-0.2, -0.15) is 14.8 Å². The summed E-state index contributed by atoms with van der Waals surface area (Å²) in [5, 5.41) is 8.13. The summed E-state index contributed by atoms with van der Waals surface area (Å²) in [5.74, 6) is -1.44. The SMILES string of the molecule is C[C@@]1(c2ccccc2)NC(=O)N(NC(=O)c2nn(-c3ccccc3)c(=O)c3ccccc23)C1=O. The second kappa shape index (κ2) is 7.96. The Kier molecular flexibility index (Phi) is 4.94. The van der Waals surface area contributed by atoms with Crippen molar-refractivity contribution < 1.29 is 14.4 Å². The molecule has 1 aromatic heterocycles. The molecule has 0 saturated carbocycles. The quantitative estimate of drug-likeness (QED) is 0.461. The molecule has 2 heterocycles. The predicted octanol–water partition coefficient (Wildman–Crippen LogP) is 2.50. The van der Waals surface area contributed by atoms with Crippen molar-refractivity contribution in [3.05, 3.63) is 107 Å². The average Bonchev–Trinajstić information content (AvgIpc) is 3.09. The number of fused-ring (bicyclic) bond motifs is 1. The summed E-state index contributed by atoms with van der Waals surface area (Å²) >= 11 is 0. The Hall–Kier alpha value is -4.79. The molecule has 1 aliphatic heterocycles. The maximum atomic E-state index is 13.3. The largest absolute Gasteiger partial charge is 0.344 e. The lowest BCUT2D eigenvalue weighted by molar-refractivity contribution is -0.132. The zero-order valence-corrected chi connectivity index (χ0v) is 18.1. The first-order valence-corrected chi connectivity index (χ1v) is 10.5. The van der Waals surface area contributed by atoms with Crippen LogP contribution in [-0.4, -0.2) is 32.6 Å². The van der Waals surface area contributed by atoms with E-state index in [1.165, 1.54) is 0 Å². The fourth-order valence-electron chi connectivity index (χ4n) is 3.96. The van der Waals surface area contributed by atoms with Gasteiger partial charge in [0.05, 0.1) is 11.1 Å². The summed E-state index contributed by atoms with van der Waals surface area (Å²) < 4.78 is 1.12. The summed E-state index contributed by atoms with van der Waals surface area (Å²) in [5.41, 5.74) is 1.57. The van der Waals surface area contributed by atoms with E-state index in [-0.39, 0.29) is 11.1 Å². The summed E-state index contributed by atoms with van der Waals surface area (Å²) in [6, 6.07) is 23.2. The Labute approximate surface area is 193 Å². The second-order valence-corrected chi connectivity index (χ2v) is 7.95. The molecule has 0 unspecified atom stereocenters. The Balaban J connectivity index is 1.55. The number of hydrogen-bond acceptors (Lipinski definition) is 5. The minimum absolute atomic E-state index is 0.104. The molecule has 1 aliphatic rings. The van der Waals surface area contributed by atoms with Crippen LogP contribution < -0.4 is 16.3 Å². The van der Waals surface area contributed by atoms with E-state index >= 15 is 0 Å². The van der Waals surface area contributed by atoms with E-state index in [4.69, 9.17) is 0 Å². The number of amides is 4. The molecule has 168 valence electrons. The van der Waals surface area contributed by atoms with E-state index in [2.05, 4.69) is 15.8 Å². The molecular weight excluding hydrogens is 434 g/mol. The number of nitrogens with one attached hydrogen (secondary N) is 2. The first-order valence-electron chi connectivity index (χ1n) is 10.5. The van der Waals surface area contributed by atoms with Gasteiger partial charge in [-0.1, -0.05) is 66.7 Å². The van der Waals surface area contributed by atoms with Gasteiger partial charge in [0.2, 0.25) is 0 Å². The van der Waals surface area contributed by atoms with Crippen LogP contribution in [0, 0.1) is 0 Å². The van der Waals surface area contributed by atoms with Gasteiger partial charge in [-0.15, -0.1) is 0 Å². The maximum Gasteiger partial charge on any atom is 0.344 e. The van der Waals surface area contributed by atoms with Crippen molar-refractivity contribution in [2.24, 2.45) is 0 Å². The van der Waals surface area contributed by atoms with Gasteiger partial charge in [-0.05, 0) is 30.7 Å². The van der Waals surface area contributed by atoms with E-state index in [0.29, 0.717) is 21.6 Å². The van der Waals surface area contributed by atoms with Gasteiger partial charge in [0.1, 0.15) is 5.54 Å². The lowest BCUT2D eigenvalue weighted by atomic mass is 9.92. The third-order valence-electron chi connectivity index (χ3n) is 5.78. The zero-order chi connectivity index (χ0) is 23.9. The van der Waals surface area contributed by atoms with E-state index in [0.717, 1.165) is 4.68 Å². The van der Waals surface area contributed by atoms with Gasteiger partial charge in [-0.25, -0.2) is 4.79 Å². The van der Waals surface area contributed by atoms with Crippen LogP contribution in [0.2, 0.25) is 0 Å². The topological polar surface area (TPSA) is 113 Å². The number of hydrogen-bond donors (Lipinski definition) is 2. The van der Waals surface area contributed by atoms with Gasteiger partial charge >= 0.3 is 6.03 Å². The first-order chi connectivity index (χ1) is 16.4. The van der Waals surface area contributed by atoms with Gasteiger partial charge in [0, 0.05) is 5.39 Å². The molecule has 4 aromatic rings. The smallest absolute Gasteiger partial charge is 0.318 e. The first kappa shape index (κ1) is 21.1. The Bertz CT molecular complexity index is 1500. The monoisotopic (exact) mass is 453 g/mol. The van der Waals surface area contributed by atoms with Crippen molar-refractivity contribution in [2.75, 3.05) is 0 Å². The molecule has 0 radical (unpaired) electrons. The number of para-hydroxylation sites is 1. The summed E-state index contributed by atoms with van der Waals surface area (Å²) in [6.07, 6.45) is 0. The van der Waals surface area contributed by atoms with Crippen LogP contribution in [0.3, 0.4) is 0 Å². The van der Waals surface area contributed by atoms with Crippen LogP contribution in [-0.2, 0) is 10.3 Å². The van der Waals surface area contributed by atoms with Crippen molar-refractivity contribution in [3.8, 4) is 5.69 Å². The van der Waals surface area contributed by atoms with Gasteiger partial charge in [-0.3, -0.25) is 19.8 Å². The number of urea groups is 1. The van der Waals surface area contributed by atoms with Crippen molar-refractivity contribution in [1.29, 1.82) is 0 Å². The minimum atomic E-state index is -1.34. The summed E-state index contributed by atoms with van der Waals surface area (Å²) in [7, 11) is 0. The molecule has 0 aliphatic carbocycles. The van der Waals surface area contributed by atoms with Gasteiger partial charge in [0.15, 0.2) is 5.69 Å². The zero-order valence-electron chi connectivity index (χ0n) is 18.1. The fraction of sp³-hybridized carbons (Fsp3) is 0.0800. The highest BCUT2D eigenvalue weighted by Gasteiger charge is 2.50. The molecular formula is C25H19N5O4. The molecule has 9 heteroatoms. The number of aromatic nitrogens is 2. The Morgan fingerprint density at radius 2 is 1.44 bits per heavy atom. The Morgan fingerprint density at radius 1 is 0.853 bits per heavy atom. The fourth-order valence-corrected chi connectivity index (χ4v) is 3.96. The van der Waals surface area contributed by atoms with Crippen LogP contribution in [0.25, 0.3) is 16.5 Å². The number of imide groups is 1. The van der Waals surface area contributed by atoms with Crippen LogP contribution in [0.15, 0.2) is 89.7 Å². The molecule has 3 aromatic carbocycles. The molecule has 0 bridgehead atoms. The van der Waals surface area contributed by atoms with Crippen molar-refractivity contribution in [2.45, 2.75) is 12.5 Å². The standard InChI is InChI=1S/C25H19N5O4/c1-25(16-10-4-2-5-11-16)23(33)30(24(34)26-25)28-21(31)20-18-14-8-9-15-19(18)22(32)29(27-20)17-12-6-3-7-13-17/h2-15H,1H3,(H,26,34)(H,28,31)/t25-/m0/s1. The van der Waals surface area contributed by atoms with Crippen molar-refractivity contribution in [3.63, 3.8) is 0 Å². The molecule has 1 saturated heterocycles. The van der Waals surface area contributed by atoms with Gasteiger partial charge in [0.25, 0.3) is 17.4 Å². The van der Waals surface area contributed by atoms with Gasteiger partial charge < -0.3 is 5.32 Å². The molecule has 0 spiro atoms. The molecule has 4 amide bonds. The molecule has 34 heavy (non-hydrogen) atoms. The number of carbonyl (C=O) groups is 3. The average molecular weight is 453 g/mol. The second-order valence-electron chi connectivity index (χ2n) is 7.95. The predicted molar refractivity (Wildman–Crippen MR) is 124 cm³/mol. The molecule has 2 N–H and O–H groups in total. The molecule has 1 atom stereocenters. The highest BCUT2D eigenvalue weighted by Crippen LogP contribution is 2.28. The normalized spacial score (nSPS) is 17.6. The number of benzene rings is 3. The highest BCUT2D eigenvalue weighted by atomic mass is 16.2. The summed E-state index contributed by atoms with van der Waals surface area (Å²) in [6.45, 7) is 1.57. The van der Waals surface area contributed by atoms with Crippen LogP contribution in [0.1, 0.15) is 23.0 Å². The molecule has 9 nitrogen and oxygen atoms in total. The third-order valence-corrected chi connectivity index (χ3v) is 5.78. The van der Waals surface area contributed by atoms with Crippen molar-refractivity contribution >= 4 is 28.6 Å². The van der Waals surface area contributed by atoms with E-state index in [1.807, 2.05) is 0 Å². The van der Waals surface area contributed by atoms with Crippen molar-refractivity contribution in [1.82, 2.24) is 25.5 Å². The third kappa shape index (κ3) is 3.30. The summed E-state index contributed by atoms with van der Waals surface area (Å²) in [4.78, 5) is 52.1. The Morgan fingerprint density at radius 3 is 2.12 bits per heavy atom. The molecule has 1 fully saturated rings. The minimum Gasteiger partial charge on any atom is -0.318 e. The van der Waals surface area contributed by atoms with E-state index in [1.54, 1.807) is 91.9 Å². The number of rotatable bonds is 4. The molecule has 5 rings (SSSR count). The lowest BCUT2D eigenvalue weighted by Gasteiger charge is -2.22. The number of carbonyl (C=O) groups excluding carboxylic acids is 3.